The summed E-state index contributed by atoms with van der Waals surface area (Å²) in [7, 11) is 0. The third kappa shape index (κ3) is 7.76. The van der Waals surface area contributed by atoms with Gasteiger partial charge in [0.1, 0.15) is 17.7 Å². The minimum atomic E-state index is -0.842. The normalized spacial score (nSPS) is 15.1. The van der Waals surface area contributed by atoms with Crippen molar-refractivity contribution >= 4 is 35.4 Å². The zero-order chi connectivity index (χ0) is 27.9. The lowest BCUT2D eigenvalue weighted by molar-refractivity contribution is -0.145. The number of nitrogens with one attached hydrogen (secondary N) is 2. The molecule has 0 bridgehead atoms. The van der Waals surface area contributed by atoms with Gasteiger partial charge in [-0.25, -0.2) is 4.79 Å². The third-order valence-corrected chi connectivity index (χ3v) is 7.38. The maximum atomic E-state index is 14.3. The quantitative estimate of drug-likeness (QED) is 0.386. The number of benzene rings is 2. The van der Waals surface area contributed by atoms with Crippen molar-refractivity contribution in [3.05, 3.63) is 65.2 Å². The molecule has 0 aliphatic heterocycles. The van der Waals surface area contributed by atoms with E-state index >= 15 is 0 Å². The molecule has 7 nitrogen and oxygen atoms in total. The molecule has 1 saturated carbocycles. The third-order valence-electron chi connectivity index (χ3n) is 6.73. The van der Waals surface area contributed by atoms with E-state index in [-0.39, 0.29) is 17.9 Å². The maximum Gasteiger partial charge on any atom is 0.408 e. The van der Waals surface area contributed by atoms with E-state index in [1.165, 1.54) is 0 Å². The van der Waals surface area contributed by atoms with Crippen molar-refractivity contribution in [2.75, 3.05) is 17.3 Å². The van der Waals surface area contributed by atoms with Crippen molar-refractivity contribution in [1.82, 2.24) is 10.2 Å². The van der Waals surface area contributed by atoms with Gasteiger partial charge in [0.25, 0.3) is 5.91 Å². The lowest BCUT2D eigenvalue weighted by atomic mass is 9.87. The van der Waals surface area contributed by atoms with Crippen LogP contribution in [0.4, 0.5) is 10.5 Å². The van der Waals surface area contributed by atoms with Gasteiger partial charge in [0.2, 0.25) is 5.91 Å². The molecule has 2 N–H and O–H groups in total. The molecule has 3 rings (SSSR count). The zero-order valence-corrected chi connectivity index (χ0v) is 24.2. The molecule has 2 unspecified atom stereocenters. The Balaban J connectivity index is 2.02. The molecular weight excluding hydrogens is 498 g/mol. The second kappa shape index (κ2) is 13.2. The SMILES string of the molecule is CSCCC(NC(=O)OC(C)(C)C)C(=O)N(C1CCC1)C(C(=O)Nc1ccccc1C)c1ccccc1C. The van der Waals surface area contributed by atoms with E-state index in [4.69, 9.17) is 4.74 Å². The van der Waals surface area contributed by atoms with Crippen LogP contribution < -0.4 is 10.6 Å². The fourth-order valence-electron chi connectivity index (χ4n) is 4.53. The summed E-state index contributed by atoms with van der Waals surface area (Å²) in [5.41, 5.74) is 2.66. The van der Waals surface area contributed by atoms with Gasteiger partial charge in [-0.05, 0) is 95.1 Å². The summed E-state index contributed by atoms with van der Waals surface area (Å²) >= 11 is 1.60. The number of amides is 3. The Bertz CT molecular complexity index is 1130. The molecule has 1 aliphatic rings. The molecule has 2 atom stereocenters. The number of nitrogens with zero attached hydrogens (tertiary/aromatic N) is 1. The van der Waals surface area contributed by atoms with E-state index < -0.39 is 23.8 Å². The van der Waals surface area contributed by atoms with Gasteiger partial charge < -0.3 is 20.3 Å². The molecule has 0 aromatic heterocycles. The van der Waals surface area contributed by atoms with Crippen LogP contribution >= 0.6 is 11.8 Å². The summed E-state index contributed by atoms with van der Waals surface area (Å²) < 4.78 is 5.48. The number of alkyl carbamates (subject to hydrolysis) is 1. The summed E-state index contributed by atoms with van der Waals surface area (Å²) in [6, 6.07) is 13.6. The van der Waals surface area contributed by atoms with Crippen molar-refractivity contribution in [3.63, 3.8) is 0 Å². The second-order valence-corrected chi connectivity index (χ2v) is 11.9. The van der Waals surface area contributed by atoms with Gasteiger partial charge in [-0.3, -0.25) is 9.59 Å². The number of ether oxygens (including phenoxy) is 1. The first-order valence-electron chi connectivity index (χ1n) is 13.2. The first-order valence-corrected chi connectivity index (χ1v) is 14.6. The van der Waals surface area contributed by atoms with E-state index in [1.54, 1.807) is 37.4 Å². The fraction of sp³-hybridized carbons (Fsp3) is 0.500. The van der Waals surface area contributed by atoms with E-state index in [2.05, 4.69) is 10.6 Å². The molecule has 0 spiro atoms. The number of aryl methyl sites for hydroxylation is 2. The molecular formula is C30H41N3O4S. The Labute approximate surface area is 231 Å². The van der Waals surface area contributed by atoms with Crippen LogP contribution in [-0.2, 0) is 14.3 Å². The number of hydrogen-bond donors (Lipinski definition) is 2. The predicted molar refractivity (Wildman–Crippen MR) is 154 cm³/mol. The number of thioether (sulfide) groups is 1. The molecule has 38 heavy (non-hydrogen) atoms. The summed E-state index contributed by atoms with van der Waals surface area (Å²) in [5.74, 6) is 0.146. The highest BCUT2D eigenvalue weighted by Gasteiger charge is 2.42. The van der Waals surface area contributed by atoms with E-state index in [0.717, 1.165) is 36.0 Å². The van der Waals surface area contributed by atoms with Crippen LogP contribution in [-0.4, -0.2) is 52.5 Å². The van der Waals surface area contributed by atoms with Gasteiger partial charge in [0.05, 0.1) is 0 Å². The zero-order valence-electron chi connectivity index (χ0n) is 23.4. The van der Waals surface area contributed by atoms with Crippen LogP contribution in [0.3, 0.4) is 0 Å². The molecule has 8 heteroatoms. The van der Waals surface area contributed by atoms with Crippen molar-refractivity contribution in [3.8, 4) is 0 Å². The van der Waals surface area contributed by atoms with Crippen LogP contribution in [0, 0.1) is 13.8 Å². The van der Waals surface area contributed by atoms with Crippen LogP contribution in [0.5, 0.6) is 0 Å². The van der Waals surface area contributed by atoms with Gasteiger partial charge in [-0.15, -0.1) is 0 Å². The van der Waals surface area contributed by atoms with Gasteiger partial charge in [-0.1, -0.05) is 42.5 Å². The molecule has 206 valence electrons. The lowest BCUT2D eigenvalue weighted by Crippen LogP contribution is -2.57. The monoisotopic (exact) mass is 539 g/mol. The highest BCUT2D eigenvalue weighted by Crippen LogP contribution is 2.36. The van der Waals surface area contributed by atoms with Gasteiger partial charge in [0, 0.05) is 11.7 Å². The average Bonchev–Trinajstić information content (AvgIpc) is 2.81. The standard InChI is InChI=1S/C30H41N3O4S/c1-20-12-7-9-16-23(20)26(27(34)31-24-17-10-8-13-21(24)2)33(22-14-11-15-22)28(35)25(18-19-38-6)32-29(36)37-30(3,4)5/h7-10,12-13,16-17,22,25-26H,11,14-15,18-19H2,1-6H3,(H,31,34)(H,32,36). The van der Waals surface area contributed by atoms with Crippen molar-refractivity contribution in [1.29, 1.82) is 0 Å². The lowest BCUT2D eigenvalue weighted by Gasteiger charge is -2.44. The molecule has 0 radical (unpaired) electrons. The van der Waals surface area contributed by atoms with Crippen molar-refractivity contribution in [2.24, 2.45) is 0 Å². The Hall–Kier alpha value is -3.00. The molecule has 1 fully saturated rings. The van der Waals surface area contributed by atoms with Crippen molar-refractivity contribution < 1.29 is 19.1 Å². The Morgan fingerprint density at radius 3 is 2.21 bits per heavy atom. The highest BCUT2D eigenvalue weighted by atomic mass is 32.2. The summed E-state index contributed by atoms with van der Waals surface area (Å²) in [5, 5.41) is 5.89. The fourth-order valence-corrected chi connectivity index (χ4v) is 5.00. The van der Waals surface area contributed by atoms with E-state index in [1.807, 2.05) is 68.6 Å². The van der Waals surface area contributed by atoms with Crippen molar-refractivity contribution in [2.45, 2.75) is 84.0 Å². The molecule has 0 saturated heterocycles. The van der Waals surface area contributed by atoms with Crippen LogP contribution in [0.1, 0.15) is 69.2 Å². The largest absolute Gasteiger partial charge is 0.444 e. The molecule has 2 aromatic carbocycles. The predicted octanol–water partition coefficient (Wildman–Crippen LogP) is 6.01. The molecule has 2 aromatic rings. The highest BCUT2D eigenvalue weighted by molar-refractivity contribution is 7.98. The number of hydrogen-bond acceptors (Lipinski definition) is 5. The molecule has 1 aliphatic carbocycles. The summed E-state index contributed by atoms with van der Waals surface area (Å²) in [4.78, 5) is 42.8. The Morgan fingerprint density at radius 2 is 1.66 bits per heavy atom. The summed E-state index contributed by atoms with van der Waals surface area (Å²) in [6.07, 6.45) is 4.37. The van der Waals surface area contributed by atoms with E-state index in [0.29, 0.717) is 17.9 Å². The van der Waals surface area contributed by atoms with Crippen LogP contribution in [0.15, 0.2) is 48.5 Å². The van der Waals surface area contributed by atoms with E-state index in [9.17, 15) is 14.4 Å². The first-order chi connectivity index (χ1) is 18.0. The van der Waals surface area contributed by atoms with Crippen LogP contribution in [0.2, 0.25) is 0 Å². The van der Waals surface area contributed by atoms with Crippen LogP contribution in [0.25, 0.3) is 0 Å². The molecule has 3 amide bonds. The molecule has 0 heterocycles. The Kier molecular flexibility index (Phi) is 10.3. The maximum absolute atomic E-state index is 14.3. The summed E-state index contributed by atoms with van der Waals surface area (Å²) in [6.45, 7) is 9.26. The smallest absolute Gasteiger partial charge is 0.408 e. The number of carbonyl (C=O) groups excluding carboxylic acids is 3. The second-order valence-electron chi connectivity index (χ2n) is 10.9. The Morgan fingerprint density at radius 1 is 1.03 bits per heavy atom. The minimum Gasteiger partial charge on any atom is -0.444 e. The number of anilines is 1. The number of rotatable bonds is 10. The van der Waals surface area contributed by atoms with Gasteiger partial charge in [0.15, 0.2) is 0 Å². The first kappa shape index (κ1) is 29.6. The number of carbonyl (C=O) groups is 3. The average molecular weight is 540 g/mol. The topological polar surface area (TPSA) is 87.7 Å². The van der Waals surface area contributed by atoms with Gasteiger partial charge in [-0.2, -0.15) is 11.8 Å². The van der Waals surface area contributed by atoms with Gasteiger partial charge >= 0.3 is 6.09 Å². The minimum absolute atomic E-state index is 0.0908. The number of para-hydroxylation sites is 1.